The van der Waals surface area contributed by atoms with Gasteiger partial charge in [0.1, 0.15) is 19.0 Å². The summed E-state index contributed by atoms with van der Waals surface area (Å²) in [6.07, 6.45) is 1.37. The van der Waals surface area contributed by atoms with Crippen LogP contribution in [0, 0.1) is 0 Å². The van der Waals surface area contributed by atoms with E-state index in [1.807, 2.05) is 28.8 Å². The SMILES string of the molecule is COCC(=O)NCCCc1nc2ccccc2n1CC(=O)OC. The molecule has 0 fully saturated rings. The van der Waals surface area contributed by atoms with Crippen LogP contribution in [0.2, 0.25) is 0 Å². The lowest BCUT2D eigenvalue weighted by Gasteiger charge is -2.08. The minimum absolute atomic E-state index is 0.0564. The zero-order chi connectivity index (χ0) is 16.7. The first-order chi connectivity index (χ1) is 11.2. The second-order valence-electron chi connectivity index (χ2n) is 5.07. The number of aryl methyl sites for hydroxylation is 1. The number of hydrogen-bond donors (Lipinski definition) is 1. The molecule has 0 bridgehead atoms. The molecule has 0 aliphatic rings. The minimum Gasteiger partial charge on any atom is -0.468 e. The average molecular weight is 319 g/mol. The van der Waals surface area contributed by atoms with Crippen molar-refractivity contribution in [3.63, 3.8) is 0 Å². The molecule has 0 atom stereocenters. The lowest BCUT2D eigenvalue weighted by Crippen LogP contribution is -2.28. The van der Waals surface area contributed by atoms with Gasteiger partial charge in [0.2, 0.25) is 5.91 Å². The molecule has 0 unspecified atom stereocenters. The number of esters is 1. The molecule has 1 heterocycles. The van der Waals surface area contributed by atoms with E-state index in [1.54, 1.807) is 0 Å². The quantitative estimate of drug-likeness (QED) is 0.577. The zero-order valence-corrected chi connectivity index (χ0v) is 13.4. The summed E-state index contributed by atoms with van der Waals surface area (Å²) in [7, 11) is 2.85. The van der Waals surface area contributed by atoms with E-state index in [4.69, 9.17) is 9.47 Å². The molecule has 1 N–H and O–H groups in total. The van der Waals surface area contributed by atoms with Gasteiger partial charge < -0.3 is 19.4 Å². The van der Waals surface area contributed by atoms with E-state index in [0.29, 0.717) is 13.0 Å². The Kier molecular flexibility index (Phi) is 6.10. The second kappa shape index (κ2) is 8.28. The summed E-state index contributed by atoms with van der Waals surface area (Å²) in [5, 5.41) is 2.77. The molecule has 124 valence electrons. The van der Waals surface area contributed by atoms with Crippen molar-refractivity contribution in [1.29, 1.82) is 0 Å². The summed E-state index contributed by atoms with van der Waals surface area (Å²) in [5.41, 5.74) is 1.74. The maximum absolute atomic E-state index is 11.6. The number of aromatic nitrogens is 2. The molecule has 0 spiro atoms. The first-order valence-corrected chi connectivity index (χ1v) is 7.42. The highest BCUT2D eigenvalue weighted by molar-refractivity contribution is 5.79. The molecule has 0 aliphatic heterocycles. The van der Waals surface area contributed by atoms with Gasteiger partial charge in [0.05, 0.1) is 18.1 Å². The van der Waals surface area contributed by atoms with Crippen molar-refractivity contribution in [2.24, 2.45) is 0 Å². The van der Waals surface area contributed by atoms with Gasteiger partial charge in [0.25, 0.3) is 0 Å². The van der Waals surface area contributed by atoms with Gasteiger partial charge in [0.15, 0.2) is 0 Å². The van der Waals surface area contributed by atoms with Crippen molar-refractivity contribution in [1.82, 2.24) is 14.9 Å². The molecule has 7 nitrogen and oxygen atoms in total. The van der Waals surface area contributed by atoms with Crippen LogP contribution < -0.4 is 5.32 Å². The summed E-state index contributed by atoms with van der Waals surface area (Å²) in [5.74, 6) is 0.343. The van der Waals surface area contributed by atoms with Crippen LogP contribution in [0.15, 0.2) is 24.3 Å². The monoisotopic (exact) mass is 319 g/mol. The summed E-state index contributed by atoms with van der Waals surface area (Å²) < 4.78 is 11.4. The first-order valence-electron chi connectivity index (χ1n) is 7.42. The number of carbonyl (C=O) groups is 2. The molecule has 1 aromatic carbocycles. The lowest BCUT2D eigenvalue weighted by atomic mass is 10.3. The Morgan fingerprint density at radius 3 is 2.78 bits per heavy atom. The molecule has 0 saturated heterocycles. The fourth-order valence-electron chi connectivity index (χ4n) is 2.34. The van der Waals surface area contributed by atoms with Crippen LogP contribution >= 0.6 is 0 Å². The fourth-order valence-corrected chi connectivity index (χ4v) is 2.34. The maximum atomic E-state index is 11.6. The Bertz CT molecular complexity index is 681. The van der Waals surface area contributed by atoms with Crippen molar-refractivity contribution in [2.45, 2.75) is 19.4 Å². The predicted molar refractivity (Wildman–Crippen MR) is 85.0 cm³/mol. The van der Waals surface area contributed by atoms with Crippen LogP contribution in [-0.2, 0) is 32.0 Å². The fraction of sp³-hybridized carbons (Fsp3) is 0.438. The van der Waals surface area contributed by atoms with Crippen LogP contribution in [0.3, 0.4) is 0 Å². The highest BCUT2D eigenvalue weighted by Gasteiger charge is 2.13. The van der Waals surface area contributed by atoms with Gasteiger partial charge in [-0.1, -0.05) is 12.1 Å². The molecule has 0 radical (unpaired) electrons. The topological polar surface area (TPSA) is 82.5 Å². The number of ether oxygens (including phenoxy) is 2. The Morgan fingerprint density at radius 1 is 1.26 bits per heavy atom. The zero-order valence-electron chi connectivity index (χ0n) is 13.4. The lowest BCUT2D eigenvalue weighted by molar-refractivity contribution is -0.141. The number of benzene rings is 1. The van der Waals surface area contributed by atoms with E-state index in [1.165, 1.54) is 14.2 Å². The van der Waals surface area contributed by atoms with Gasteiger partial charge in [-0.15, -0.1) is 0 Å². The Labute approximate surface area is 134 Å². The van der Waals surface area contributed by atoms with Gasteiger partial charge >= 0.3 is 5.97 Å². The molecular formula is C16H21N3O4. The molecule has 0 aliphatic carbocycles. The number of para-hydroxylation sites is 2. The van der Waals surface area contributed by atoms with E-state index in [-0.39, 0.29) is 25.0 Å². The third kappa shape index (κ3) is 4.53. The standard InChI is InChI=1S/C16H21N3O4/c1-22-11-15(20)17-9-5-8-14-18-12-6-3-4-7-13(12)19(14)10-16(21)23-2/h3-4,6-7H,5,8-11H2,1-2H3,(H,17,20). The Balaban J connectivity index is 2.05. The number of imidazole rings is 1. The molecule has 23 heavy (non-hydrogen) atoms. The molecule has 0 saturated carbocycles. The molecule has 1 aromatic heterocycles. The first kappa shape index (κ1) is 17.0. The van der Waals surface area contributed by atoms with Crippen LogP contribution in [-0.4, -0.2) is 48.8 Å². The average Bonchev–Trinajstić information content (AvgIpc) is 2.89. The van der Waals surface area contributed by atoms with Crippen LogP contribution in [0.4, 0.5) is 0 Å². The normalized spacial score (nSPS) is 10.7. The smallest absolute Gasteiger partial charge is 0.325 e. The highest BCUT2D eigenvalue weighted by Crippen LogP contribution is 2.17. The van der Waals surface area contributed by atoms with Crippen molar-refractivity contribution in [3.8, 4) is 0 Å². The molecule has 7 heteroatoms. The van der Waals surface area contributed by atoms with Gasteiger partial charge in [-0.3, -0.25) is 9.59 Å². The number of carbonyl (C=O) groups excluding carboxylic acids is 2. The Morgan fingerprint density at radius 2 is 2.04 bits per heavy atom. The van der Waals surface area contributed by atoms with E-state index in [2.05, 4.69) is 10.3 Å². The minimum atomic E-state index is -0.317. The summed E-state index contributed by atoms with van der Waals surface area (Å²) in [4.78, 5) is 27.5. The second-order valence-corrected chi connectivity index (χ2v) is 5.07. The number of amides is 1. The Hall–Kier alpha value is -2.41. The number of rotatable bonds is 8. The van der Waals surface area contributed by atoms with Crippen molar-refractivity contribution >= 4 is 22.9 Å². The largest absolute Gasteiger partial charge is 0.468 e. The van der Waals surface area contributed by atoms with Gasteiger partial charge in [-0.25, -0.2) is 4.98 Å². The summed E-state index contributed by atoms with van der Waals surface area (Å²) in [6.45, 7) is 0.715. The van der Waals surface area contributed by atoms with Crippen LogP contribution in [0.5, 0.6) is 0 Å². The molecule has 2 aromatic rings. The van der Waals surface area contributed by atoms with Crippen molar-refractivity contribution < 1.29 is 19.1 Å². The van der Waals surface area contributed by atoms with Crippen LogP contribution in [0.25, 0.3) is 11.0 Å². The number of nitrogens with one attached hydrogen (secondary N) is 1. The van der Waals surface area contributed by atoms with Gasteiger partial charge in [0, 0.05) is 20.1 Å². The van der Waals surface area contributed by atoms with Gasteiger partial charge in [-0.2, -0.15) is 0 Å². The summed E-state index contributed by atoms with van der Waals surface area (Å²) in [6, 6.07) is 7.65. The molecule has 2 rings (SSSR count). The van der Waals surface area contributed by atoms with E-state index in [9.17, 15) is 9.59 Å². The van der Waals surface area contributed by atoms with E-state index in [0.717, 1.165) is 23.3 Å². The van der Waals surface area contributed by atoms with Crippen LogP contribution in [0.1, 0.15) is 12.2 Å². The number of hydrogen-bond acceptors (Lipinski definition) is 5. The van der Waals surface area contributed by atoms with E-state index < -0.39 is 0 Å². The van der Waals surface area contributed by atoms with E-state index >= 15 is 0 Å². The third-order valence-electron chi connectivity index (χ3n) is 3.42. The predicted octanol–water partition coefficient (Wildman–Crippen LogP) is 0.904. The molecule has 1 amide bonds. The maximum Gasteiger partial charge on any atom is 0.325 e. The highest BCUT2D eigenvalue weighted by atomic mass is 16.5. The van der Waals surface area contributed by atoms with Crippen molar-refractivity contribution in [3.05, 3.63) is 30.1 Å². The third-order valence-corrected chi connectivity index (χ3v) is 3.42. The number of fused-ring (bicyclic) bond motifs is 1. The molecular weight excluding hydrogens is 298 g/mol. The number of nitrogens with zero attached hydrogens (tertiary/aromatic N) is 2. The summed E-state index contributed by atoms with van der Waals surface area (Å²) >= 11 is 0. The van der Waals surface area contributed by atoms with Crippen molar-refractivity contribution in [2.75, 3.05) is 27.4 Å². The van der Waals surface area contributed by atoms with Gasteiger partial charge in [-0.05, 0) is 18.6 Å². The number of methoxy groups -OCH3 is 2.